The first kappa shape index (κ1) is 14.5. The molecule has 0 spiro atoms. The summed E-state index contributed by atoms with van der Waals surface area (Å²) in [4.78, 5) is 22.6. The lowest BCUT2D eigenvalue weighted by atomic mass is 10.0. The van der Waals surface area contributed by atoms with E-state index >= 15 is 0 Å². The van der Waals surface area contributed by atoms with Crippen molar-refractivity contribution in [3.05, 3.63) is 71.3 Å². The molecule has 0 aromatic heterocycles. The molecule has 1 amide bonds. The van der Waals surface area contributed by atoms with E-state index in [2.05, 4.69) is 5.32 Å². The summed E-state index contributed by atoms with van der Waals surface area (Å²) in [5, 5.41) is 11.4. The summed E-state index contributed by atoms with van der Waals surface area (Å²) in [6.07, 6.45) is 2.59. The van der Waals surface area contributed by atoms with Gasteiger partial charge < -0.3 is 10.4 Å². The van der Waals surface area contributed by atoms with Crippen LogP contribution in [0.2, 0.25) is 0 Å². The largest absolute Gasteiger partial charge is 0.478 e. The van der Waals surface area contributed by atoms with Crippen LogP contribution >= 0.6 is 0 Å². The molecule has 2 aromatic rings. The minimum atomic E-state index is -1.000. The monoisotopic (exact) mass is 281 g/mol. The van der Waals surface area contributed by atoms with Gasteiger partial charge in [0.15, 0.2) is 0 Å². The van der Waals surface area contributed by atoms with Crippen LogP contribution in [0.4, 0.5) is 5.69 Å². The number of anilines is 1. The molecule has 2 N–H and O–H groups in total. The minimum absolute atomic E-state index is 0.196. The summed E-state index contributed by atoms with van der Waals surface area (Å²) < 4.78 is 0. The first-order chi connectivity index (χ1) is 10.1. The quantitative estimate of drug-likeness (QED) is 0.845. The van der Waals surface area contributed by atoms with Crippen LogP contribution in [-0.2, 0) is 4.79 Å². The average Bonchev–Trinajstić information content (AvgIpc) is 2.46. The second-order valence-corrected chi connectivity index (χ2v) is 4.56. The van der Waals surface area contributed by atoms with Crippen molar-refractivity contribution in [3.8, 4) is 0 Å². The molecule has 4 heteroatoms. The van der Waals surface area contributed by atoms with Crippen molar-refractivity contribution in [1.82, 2.24) is 0 Å². The molecule has 0 aliphatic heterocycles. The molecule has 0 unspecified atom stereocenters. The Balaban J connectivity index is 2.16. The van der Waals surface area contributed by atoms with E-state index in [1.54, 1.807) is 18.2 Å². The van der Waals surface area contributed by atoms with Gasteiger partial charge in [-0.15, -0.1) is 0 Å². The number of carbonyl (C=O) groups is 2. The molecular weight excluding hydrogens is 266 g/mol. The Hall–Kier alpha value is -2.88. The van der Waals surface area contributed by atoms with Crippen molar-refractivity contribution in [2.75, 3.05) is 5.32 Å². The van der Waals surface area contributed by atoms with Gasteiger partial charge >= 0.3 is 5.97 Å². The molecule has 21 heavy (non-hydrogen) atoms. The lowest BCUT2D eigenvalue weighted by molar-refractivity contribution is -0.131. The predicted octanol–water partition coefficient (Wildman–Crippen LogP) is 3.35. The van der Waals surface area contributed by atoms with E-state index in [0.717, 1.165) is 22.9 Å². The SMILES string of the molecule is Cc1cc(C(=O)Nc2ccccc2)ccc1/C=C/C(=O)O. The number of hydrogen-bond donors (Lipinski definition) is 2. The Morgan fingerprint density at radius 3 is 2.43 bits per heavy atom. The molecule has 4 nitrogen and oxygen atoms in total. The van der Waals surface area contributed by atoms with Crippen LogP contribution in [0.5, 0.6) is 0 Å². The van der Waals surface area contributed by atoms with E-state index in [-0.39, 0.29) is 5.91 Å². The Bertz CT molecular complexity index is 690. The van der Waals surface area contributed by atoms with Crippen LogP contribution in [-0.4, -0.2) is 17.0 Å². The van der Waals surface area contributed by atoms with Gasteiger partial charge in [-0.05, 0) is 48.4 Å². The van der Waals surface area contributed by atoms with Gasteiger partial charge in [-0.3, -0.25) is 4.79 Å². The number of benzene rings is 2. The van der Waals surface area contributed by atoms with Gasteiger partial charge in [0.1, 0.15) is 0 Å². The number of hydrogen-bond acceptors (Lipinski definition) is 2. The van der Waals surface area contributed by atoms with E-state index in [1.165, 1.54) is 6.08 Å². The fourth-order valence-electron chi connectivity index (χ4n) is 1.89. The summed E-state index contributed by atoms with van der Waals surface area (Å²) in [7, 11) is 0. The topological polar surface area (TPSA) is 66.4 Å². The molecule has 0 aliphatic carbocycles. The highest BCUT2D eigenvalue weighted by atomic mass is 16.4. The van der Waals surface area contributed by atoms with E-state index in [1.807, 2.05) is 37.3 Å². The lowest BCUT2D eigenvalue weighted by Crippen LogP contribution is -2.12. The average molecular weight is 281 g/mol. The van der Waals surface area contributed by atoms with Crippen LogP contribution in [0, 0.1) is 6.92 Å². The summed E-state index contributed by atoms with van der Waals surface area (Å²) in [5.41, 5.74) is 2.88. The fourth-order valence-corrected chi connectivity index (χ4v) is 1.89. The van der Waals surface area contributed by atoms with Crippen LogP contribution in [0.1, 0.15) is 21.5 Å². The molecule has 2 aromatic carbocycles. The van der Waals surface area contributed by atoms with Crippen molar-refractivity contribution in [1.29, 1.82) is 0 Å². The normalized spacial score (nSPS) is 10.5. The number of nitrogens with one attached hydrogen (secondary N) is 1. The summed E-state index contributed by atoms with van der Waals surface area (Å²) in [6.45, 7) is 1.83. The molecular formula is C17H15NO3. The molecule has 0 saturated carbocycles. The van der Waals surface area contributed by atoms with Crippen molar-refractivity contribution in [3.63, 3.8) is 0 Å². The van der Waals surface area contributed by atoms with E-state index in [0.29, 0.717) is 5.56 Å². The van der Waals surface area contributed by atoms with E-state index < -0.39 is 5.97 Å². The number of carboxylic acids is 1. The second kappa shape index (κ2) is 6.52. The maximum absolute atomic E-state index is 12.1. The number of carbonyl (C=O) groups excluding carboxylic acids is 1. The smallest absolute Gasteiger partial charge is 0.328 e. The van der Waals surface area contributed by atoms with Crippen LogP contribution < -0.4 is 5.32 Å². The predicted molar refractivity (Wildman–Crippen MR) is 82.2 cm³/mol. The molecule has 0 aliphatic rings. The zero-order valence-corrected chi connectivity index (χ0v) is 11.5. The Morgan fingerprint density at radius 2 is 1.81 bits per heavy atom. The maximum atomic E-state index is 12.1. The van der Waals surface area contributed by atoms with Crippen molar-refractivity contribution < 1.29 is 14.7 Å². The molecule has 0 heterocycles. The first-order valence-corrected chi connectivity index (χ1v) is 6.44. The number of aliphatic carboxylic acids is 1. The van der Waals surface area contributed by atoms with Gasteiger partial charge in [0, 0.05) is 17.3 Å². The number of para-hydroxylation sites is 1. The maximum Gasteiger partial charge on any atom is 0.328 e. The van der Waals surface area contributed by atoms with E-state index in [9.17, 15) is 9.59 Å². The Kier molecular flexibility index (Phi) is 4.51. The van der Waals surface area contributed by atoms with Gasteiger partial charge in [-0.2, -0.15) is 0 Å². The van der Waals surface area contributed by atoms with Gasteiger partial charge in [0.05, 0.1) is 0 Å². The molecule has 0 fully saturated rings. The third kappa shape index (κ3) is 4.04. The van der Waals surface area contributed by atoms with E-state index in [4.69, 9.17) is 5.11 Å². The summed E-state index contributed by atoms with van der Waals surface area (Å²) in [6, 6.07) is 14.3. The molecule has 0 radical (unpaired) electrons. The highest BCUT2D eigenvalue weighted by molar-refractivity contribution is 6.04. The van der Waals surface area contributed by atoms with Gasteiger partial charge in [-0.1, -0.05) is 24.3 Å². The summed E-state index contributed by atoms with van der Waals surface area (Å²) in [5.74, 6) is -1.20. The van der Waals surface area contributed by atoms with Crippen molar-refractivity contribution in [2.24, 2.45) is 0 Å². The standard InChI is InChI=1S/C17H15NO3/c1-12-11-14(8-7-13(12)9-10-16(19)20)17(21)18-15-5-3-2-4-6-15/h2-11H,1H3,(H,18,21)(H,19,20)/b10-9+. The van der Waals surface area contributed by atoms with Gasteiger partial charge in [0.2, 0.25) is 0 Å². The molecule has 0 bridgehead atoms. The Morgan fingerprint density at radius 1 is 1.10 bits per heavy atom. The molecule has 2 rings (SSSR count). The van der Waals surface area contributed by atoms with Gasteiger partial charge in [-0.25, -0.2) is 4.79 Å². The van der Waals surface area contributed by atoms with Crippen LogP contribution in [0.15, 0.2) is 54.6 Å². The molecule has 0 atom stereocenters. The highest BCUT2D eigenvalue weighted by Crippen LogP contribution is 2.15. The van der Waals surface area contributed by atoms with Gasteiger partial charge in [0.25, 0.3) is 5.91 Å². The summed E-state index contributed by atoms with van der Waals surface area (Å²) >= 11 is 0. The molecule has 106 valence electrons. The lowest BCUT2D eigenvalue weighted by Gasteiger charge is -2.07. The fraction of sp³-hybridized carbons (Fsp3) is 0.0588. The zero-order chi connectivity index (χ0) is 15.2. The number of carboxylic acid groups (broad SMARTS) is 1. The van der Waals surface area contributed by atoms with Crippen molar-refractivity contribution in [2.45, 2.75) is 6.92 Å². The molecule has 0 saturated heterocycles. The third-order valence-corrected chi connectivity index (χ3v) is 2.97. The van der Waals surface area contributed by atoms with Crippen LogP contribution in [0.3, 0.4) is 0 Å². The Labute approximate surface area is 122 Å². The second-order valence-electron chi connectivity index (χ2n) is 4.56. The number of amides is 1. The highest BCUT2D eigenvalue weighted by Gasteiger charge is 2.07. The zero-order valence-electron chi connectivity index (χ0n) is 11.5. The minimum Gasteiger partial charge on any atom is -0.478 e. The van der Waals surface area contributed by atoms with Crippen LogP contribution in [0.25, 0.3) is 6.08 Å². The first-order valence-electron chi connectivity index (χ1n) is 6.44. The number of rotatable bonds is 4. The number of aryl methyl sites for hydroxylation is 1. The third-order valence-electron chi connectivity index (χ3n) is 2.97. The van der Waals surface area contributed by atoms with Crippen molar-refractivity contribution >= 4 is 23.6 Å².